The first-order chi connectivity index (χ1) is 16.3. The van der Waals surface area contributed by atoms with E-state index in [4.69, 9.17) is 9.84 Å². The lowest BCUT2D eigenvalue weighted by atomic mass is 10.1. The first kappa shape index (κ1) is 22.9. The fraction of sp³-hybridized carbons (Fsp3) is 0.227. The van der Waals surface area contributed by atoms with Crippen LogP contribution in [0.3, 0.4) is 0 Å². The van der Waals surface area contributed by atoms with Crippen molar-refractivity contribution in [2.24, 2.45) is 0 Å². The quantitative estimate of drug-likeness (QED) is 0.382. The Hall–Kier alpha value is -4.29. The molecular formula is C22H20N4O8. The van der Waals surface area contributed by atoms with Crippen LogP contribution in [0.4, 0.5) is 11.4 Å². The number of carboxylic acid groups (broad SMARTS) is 1. The van der Waals surface area contributed by atoms with Crippen LogP contribution < -0.4 is 16.0 Å². The van der Waals surface area contributed by atoms with E-state index in [-0.39, 0.29) is 25.4 Å². The second kappa shape index (κ2) is 9.68. The summed E-state index contributed by atoms with van der Waals surface area (Å²) < 4.78 is 9.83. The van der Waals surface area contributed by atoms with Crippen LogP contribution in [0.1, 0.15) is 5.56 Å². The van der Waals surface area contributed by atoms with E-state index in [1.54, 1.807) is 36.4 Å². The molecule has 2 heterocycles. The van der Waals surface area contributed by atoms with Gasteiger partial charge in [0.2, 0.25) is 0 Å². The normalized spacial score (nSPS) is 16.8. The summed E-state index contributed by atoms with van der Waals surface area (Å²) in [7, 11) is 0. The maximum atomic E-state index is 13.0. The van der Waals surface area contributed by atoms with Crippen molar-refractivity contribution in [2.75, 3.05) is 23.4 Å². The summed E-state index contributed by atoms with van der Waals surface area (Å²) in [6, 6.07) is 12.7. The number of aliphatic hydroxyl groups excluding tert-OH is 1. The number of carbonyl (C=O) groups is 3. The lowest BCUT2D eigenvalue weighted by Crippen LogP contribution is -2.55. The Labute approximate surface area is 191 Å². The van der Waals surface area contributed by atoms with Gasteiger partial charge in [-0.25, -0.2) is 4.79 Å². The second-order valence-electron chi connectivity index (χ2n) is 7.48. The zero-order valence-corrected chi connectivity index (χ0v) is 17.6. The molecule has 3 aromatic rings. The molecule has 4 N–H and O–H groups in total. The van der Waals surface area contributed by atoms with Gasteiger partial charge in [0.1, 0.15) is 0 Å². The minimum absolute atomic E-state index is 0.0779. The Morgan fingerprint density at radius 3 is 2.65 bits per heavy atom. The van der Waals surface area contributed by atoms with Crippen LogP contribution >= 0.6 is 0 Å². The Balaban J connectivity index is 1.43. The Morgan fingerprint density at radius 2 is 1.97 bits per heavy atom. The SMILES string of the molecule is O=C(O)Cc1cccc(N2CCO[C@H]([C@@H](O)C(=O)Nc3ccc(-c4noc(=O)[nH]4)cc3)C2=O)c1. The molecule has 0 spiro atoms. The molecule has 1 aromatic heterocycles. The van der Waals surface area contributed by atoms with Gasteiger partial charge in [-0.3, -0.25) is 23.9 Å². The van der Waals surface area contributed by atoms with Gasteiger partial charge in [0.25, 0.3) is 11.8 Å². The van der Waals surface area contributed by atoms with Gasteiger partial charge in [-0.2, -0.15) is 0 Å². The Kier molecular flexibility index (Phi) is 6.52. The van der Waals surface area contributed by atoms with E-state index in [9.17, 15) is 24.3 Å². The molecule has 1 aliphatic heterocycles. The van der Waals surface area contributed by atoms with Crippen molar-refractivity contribution in [3.8, 4) is 11.4 Å². The molecule has 12 nitrogen and oxygen atoms in total. The molecule has 0 saturated carbocycles. The molecule has 12 heteroatoms. The van der Waals surface area contributed by atoms with Gasteiger partial charge in [0.15, 0.2) is 18.0 Å². The van der Waals surface area contributed by atoms with Crippen LogP contribution in [0.5, 0.6) is 0 Å². The lowest BCUT2D eigenvalue weighted by Gasteiger charge is -2.34. The first-order valence-electron chi connectivity index (χ1n) is 10.2. The summed E-state index contributed by atoms with van der Waals surface area (Å²) in [6.45, 7) is 0.264. The van der Waals surface area contributed by atoms with Crippen LogP contribution in [0.25, 0.3) is 11.4 Å². The van der Waals surface area contributed by atoms with Gasteiger partial charge in [-0.1, -0.05) is 17.3 Å². The highest BCUT2D eigenvalue weighted by Gasteiger charge is 2.39. The van der Waals surface area contributed by atoms with Crippen LogP contribution in [0.15, 0.2) is 57.8 Å². The standard InChI is InChI=1S/C22H20N4O8/c27-16(28)11-12-2-1-3-15(10-12)26-8-9-33-18(21(26)31)17(29)20(30)23-14-6-4-13(5-7-14)19-24-22(32)34-25-19/h1-7,10,17-18,29H,8-9,11H2,(H,23,30)(H,27,28)(H,24,25,32)/t17-,18-/m1/s1. The van der Waals surface area contributed by atoms with E-state index in [2.05, 4.69) is 20.0 Å². The van der Waals surface area contributed by atoms with Crippen molar-refractivity contribution in [1.82, 2.24) is 10.1 Å². The van der Waals surface area contributed by atoms with Gasteiger partial charge >= 0.3 is 11.7 Å². The highest BCUT2D eigenvalue weighted by atomic mass is 16.5. The van der Waals surface area contributed by atoms with Crippen molar-refractivity contribution in [3.63, 3.8) is 0 Å². The molecule has 0 unspecified atom stereocenters. The van der Waals surface area contributed by atoms with Crippen molar-refractivity contribution >= 4 is 29.2 Å². The van der Waals surface area contributed by atoms with Gasteiger partial charge in [-0.15, -0.1) is 0 Å². The number of aliphatic carboxylic acids is 1. The number of anilines is 2. The number of morpholine rings is 1. The number of nitrogens with zero attached hydrogens (tertiary/aromatic N) is 2. The molecular weight excluding hydrogens is 448 g/mol. The van der Waals surface area contributed by atoms with Crippen molar-refractivity contribution in [2.45, 2.75) is 18.6 Å². The molecule has 1 fully saturated rings. The van der Waals surface area contributed by atoms with E-state index in [1.807, 2.05) is 0 Å². The Morgan fingerprint density at radius 1 is 1.21 bits per heavy atom. The molecule has 0 aliphatic carbocycles. The number of carboxylic acids is 1. The topological polar surface area (TPSA) is 175 Å². The molecule has 1 saturated heterocycles. The molecule has 1 aliphatic rings. The number of rotatable bonds is 7. The molecule has 0 radical (unpaired) electrons. The van der Waals surface area contributed by atoms with E-state index < -0.39 is 35.7 Å². The molecule has 4 rings (SSSR count). The zero-order valence-electron chi connectivity index (χ0n) is 17.6. The molecule has 2 aromatic carbocycles. The number of hydrogen-bond donors (Lipinski definition) is 4. The fourth-order valence-electron chi connectivity index (χ4n) is 3.52. The average Bonchev–Trinajstić information content (AvgIpc) is 3.25. The van der Waals surface area contributed by atoms with Gasteiger partial charge in [0.05, 0.1) is 13.0 Å². The van der Waals surface area contributed by atoms with Crippen molar-refractivity contribution < 1.29 is 33.9 Å². The summed E-state index contributed by atoms with van der Waals surface area (Å²) in [6.07, 6.45) is -3.42. The monoisotopic (exact) mass is 468 g/mol. The first-order valence-corrected chi connectivity index (χ1v) is 10.2. The maximum Gasteiger partial charge on any atom is 0.439 e. The summed E-state index contributed by atoms with van der Waals surface area (Å²) in [5, 5.41) is 25.6. The minimum Gasteiger partial charge on any atom is -0.481 e. The van der Waals surface area contributed by atoms with Crippen LogP contribution in [0.2, 0.25) is 0 Å². The highest BCUT2D eigenvalue weighted by molar-refractivity contribution is 6.03. The lowest BCUT2D eigenvalue weighted by molar-refractivity contribution is -0.150. The number of amides is 2. The van der Waals surface area contributed by atoms with Crippen molar-refractivity contribution in [1.29, 1.82) is 0 Å². The van der Waals surface area contributed by atoms with E-state index in [1.165, 1.54) is 17.0 Å². The number of aromatic nitrogens is 2. The molecule has 0 bridgehead atoms. The largest absolute Gasteiger partial charge is 0.481 e. The third-order valence-corrected chi connectivity index (χ3v) is 5.12. The zero-order chi connectivity index (χ0) is 24.2. The predicted molar refractivity (Wildman–Crippen MR) is 117 cm³/mol. The molecule has 176 valence electrons. The summed E-state index contributed by atoms with van der Waals surface area (Å²) >= 11 is 0. The van der Waals surface area contributed by atoms with Crippen LogP contribution in [-0.4, -0.2) is 63.5 Å². The maximum absolute atomic E-state index is 13.0. The molecule has 34 heavy (non-hydrogen) atoms. The molecule has 2 atom stereocenters. The highest BCUT2D eigenvalue weighted by Crippen LogP contribution is 2.23. The summed E-state index contributed by atoms with van der Waals surface area (Å²) in [4.78, 5) is 51.3. The van der Waals surface area contributed by atoms with E-state index in [0.29, 0.717) is 22.5 Å². The van der Waals surface area contributed by atoms with Gasteiger partial charge < -0.3 is 25.2 Å². The average molecular weight is 468 g/mol. The number of aromatic amines is 1. The number of hydrogen-bond acceptors (Lipinski definition) is 8. The fourth-order valence-corrected chi connectivity index (χ4v) is 3.52. The third-order valence-electron chi connectivity index (χ3n) is 5.12. The molecule has 2 amide bonds. The van der Waals surface area contributed by atoms with Crippen LogP contribution in [0, 0.1) is 0 Å². The van der Waals surface area contributed by atoms with E-state index in [0.717, 1.165) is 0 Å². The second-order valence-corrected chi connectivity index (χ2v) is 7.48. The Bertz CT molecular complexity index is 1270. The van der Waals surface area contributed by atoms with Crippen molar-refractivity contribution in [3.05, 3.63) is 64.6 Å². The number of carbonyl (C=O) groups excluding carboxylic acids is 2. The van der Waals surface area contributed by atoms with Gasteiger partial charge in [0, 0.05) is 23.5 Å². The summed E-state index contributed by atoms with van der Waals surface area (Å²) in [5.74, 6) is -2.95. The van der Waals surface area contributed by atoms with Crippen LogP contribution in [-0.2, 0) is 25.5 Å². The van der Waals surface area contributed by atoms with E-state index >= 15 is 0 Å². The number of aliphatic hydroxyl groups is 1. The third kappa shape index (κ3) is 5.03. The number of H-pyrrole nitrogens is 1. The minimum atomic E-state index is -1.79. The number of benzene rings is 2. The van der Waals surface area contributed by atoms with Gasteiger partial charge in [-0.05, 0) is 42.0 Å². The predicted octanol–water partition coefficient (Wildman–Crippen LogP) is 0.388. The summed E-state index contributed by atoms with van der Waals surface area (Å²) in [5.41, 5.74) is 1.83. The number of ether oxygens (including phenoxy) is 1. The smallest absolute Gasteiger partial charge is 0.439 e. The number of nitrogens with one attached hydrogen (secondary N) is 2.